The summed E-state index contributed by atoms with van der Waals surface area (Å²) in [5.41, 5.74) is 1.38. The summed E-state index contributed by atoms with van der Waals surface area (Å²) in [6.07, 6.45) is 0. The molecule has 0 aromatic heterocycles. The SMILES string of the molecule is N#Cc1cc(N2C(=O)c3ccccc3C2=O)ccc1N1C(=O)c2ccccc2C1=O. The van der Waals surface area contributed by atoms with Gasteiger partial charge in [-0.15, -0.1) is 0 Å². The number of nitriles is 1. The van der Waals surface area contributed by atoms with Crippen LogP contribution in [0.15, 0.2) is 66.7 Å². The van der Waals surface area contributed by atoms with Crippen molar-refractivity contribution in [3.63, 3.8) is 0 Å². The smallest absolute Gasteiger partial charge is 0.266 e. The van der Waals surface area contributed by atoms with Crippen molar-refractivity contribution in [2.45, 2.75) is 0 Å². The molecule has 2 aliphatic rings. The zero-order valence-corrected chi connectivity index (χ0v) is 15.3. The number of fused-ring (bicyclic) bond motifs is 2. The first-order valence-electron chi connectivity index (χ1n) is 9.02. The maximum atomic E-state index is 12.7. The molecular formula is C23H11N3O4. The molecule has 0 spiro atoms. The second-order valence-electron chi connectivity index (χ2n) is 6.80. The summed E-state index contributed by atoms with van der Waals surface area (Å²) >= 11 is 0. The summed E-state index contributed by atoms with van der Waals surface area (Å²) in [5, 5.41) is 9.65. The van der Waals surface area contributed by atoms with Gasteiger partial charge in [0.05, 0.1) is 39.2 Å². The fourth-order valence-corrected chi connectivity index (χ4v) is 3.78. The number of rotatable bonds is 2. The van der Waals surface area contributed by atoms with E-state index in [4.69, 9.17) is 0 Å². The molecule has 0 bridgehead atoms. The molecule has 5 rings (SSSR count). The highest BCUT2D eigenvalue weighted by Gasteiger charge is 2.39. The van der Waals surface area contributed by atoms with Crippen molar-refractivity contribution in [2.75, 3.05) is 9.80 Å². The van der Waals surface area contributed by atoms with Crippen molar-refractivity contribution in [1.82, 2.24) is 0 Å². The molecule has 3 aromatic rings. The van der Waals surface area contributed by atoms with Gasteiger partial charge in [0.1, 0.15) is 6.07 Å². The zero-order valence-electron chi connectivity index (χ0n) is 15.3. The Kier molecular flexibility index (Phi) is 3.63. The third-order valence-electron chi connectivity index (χ3n) is 5.19. The van der Waals surface area contributed by atoms with E-state index in [1.54, 1.807) is 48.5 Å². The standard InChI is InChI=1S/C23H11N3O4/c24-12-13-11-14(25-20(27)15-5-1-2-6-16(15)21(25)28)9-10-19(13)26-22(29)17-7-3-4-8-18(17)23(26)30/h1-11H. The van der Waals surface area contributed by atoms with E-state index in [1.165, 1.54) is 18.2 Å². The summed E-state index contributed by atoms with van der Waals surface area (Å²) in [6.45, 7) is 0. The van der Waals surface area contributed by atoms with Gasteiger partial charge in [-0.05, 0) is 42.5 Å². The Morgan fingerprint density at radius 2 is 1.03 bits per heavy atom. The molecule has 4 amide bonds. The van der Waals surface area contributed by atoms with Crippen LogP contribution in [-0.2, 0) is 0 Å². The highest BCUT2D eigenvalue weighted by Crippen LogP contribution is 2.35. The van der Waals surface area contributed by atoms with E-state index in [1.807, 2.05) is 6.07 Å². The number of benzene rings is 3. The minimum absolute atomic E-state index is 0.00133. The van der Waals surface area contributed by atoms with Gasteiger partial charge in [0.25, 0.3) is 23.6 Å². The fraction of sp³-hybridized carbons (Fsp3) is 0. The van der Waals surface area contributed by atoms with Gasteiger partial charge >= 0.3 is 0 Å². The minimum atomic E-state index is -0.527. The first-order valence-corrected chi connectivity index (χ1v) is 9.02. The second-order valence-corrected chi connectivity index (χ2v) is 6.80. The molecule has 142 valence electrons. The van der Waals surface area contributed by atoms with E-state index >= 15 is 0 Å². The second kappa shape index (κ2) is 6.22. The Bertz CT molecular complexity index is 1280. The fourth-order valence-electron chi connectivity index (χ4n) is 3.78. The summed E-state index contributed by atoms with van der Waals surface area (Å²) in [5.74, 6) is -2.04. The van der Waals surface area contributed by atoms with Gasteiger partial charge in [-0.25, -0.2) is 9.80 Å². The van der Waals surface area contributed by atoms with Gasteiger partial charge in [-0.1, -0.05) is 24.3 Å². The summed E-state index contributed by atoms with van der Waals surface area (Å²) in [6, 6.07) is 19.0. The highest BCUT2D eigenvalue weighted by molar-refractivity contribution is 6.36. The molecule has 2 aliphatic heterocycles. The highest BCUT2D eigenvalue weighted by atomic mass is 16.2. The average molecular weight is 393 g/mol. The molecule has 0 saturated heterocycles. The number of nitrogens with zero attached hydrogens (tertiary/aromatic N) is 3. The third kappa shape index (κ3) is 2.25. The van der Waals surface area contributed by atoms with Gasteiger partial charge in [-0.3, -0.25) is 19.2 Å². The van der Waals surface area contributed by atoms with Crippen molar-refractivity contribution in [3.05, 3.63) is 94.5 Å². The van der Waals surface area contributed by atoms with Crippen LogP contribution in [0.5, 0.6) is 0 Å². The van der Waals surface area contributed by atoms with Gasteiger partial charge in [0.15, 0.2) is 0 Å². The predicted octanol–water partition coefficient (Wildman–Crippen LogP) is 3.16. The maximum absolute atomic E-state index is 12.7. The van der Waals surface area contributed by atoms with E-state index in [0.717, 1.165) is 9.80 Å². The molecule has 0 N–H and O–H groups in total. The van der Waals surface area contributed by atoms with Crippen LogP contribution in [0, 0.1) is 11.3 Å². The number of imide groups is 2. The number of carbonyl (C=O) groups is 4. The number of amides is 4. The number of hydrogen-bond donors (Lipinski definition) is 0. The van der Waals surface area contributed by atoms with Crippen molar-refractivity contribution < 1.29 is 19.2 Å². The molecule has 30 heavy (non-hydrogen) atoms. The molecule has 0 unspecified atom stereocenters. The van der Waals surface area contributed by atoms with Crippen LogP contribution < -0.4 is 9.80 Å². The van der Waals surface area contributed by atoms with Crippen LogP contribution in [0.4, 0.5) is 11.4 Å². The first kappa shape index (κ1) is 17.5. The molecule has 2 heterocycles. The van der Waals surface area contributed by atoms with Crippen molar-refractivity contribution >= 4 is 35.0 Å². The molecule has 0 radical (unpaired) electrons. The van der Waals surface area contributed by atoms with Crippen LogP contribution in [0.2, 0.25) is 0 Å². The van der Waals surface area contributed by atoms with Crippen molar-refractivity contribution in [2.24, 2.45) is 0 Å². The molecule has 0 aliphatic carbocycles. The van der Waals surface area contributed by atoms with E-state index in [2.05, 4.69) is 0 Å². The van der Waals surface area contributed by atoms with Crippen LogP contribution in [0.3, 0.4) is 0 Å². The Labute approximate surface area is 170 Å². The first-order chi connectivity index (χ1) is 14.5. The van der Waals surface area contributed by atoms with E-state index < -0.39 is 23.6 Å². The lowest BCUT2D eigenvalue weighted by Gasteiger charge is -2.19. The monoisotopic (exact) mass is 393 g/mol. The third-order valence-corrected chi connectivity index (χ3v) is 5.19. The quantitative estimate of drug-likeness (QED) is 0.623. The average Bonchev–Trinajstić information content (AvgIpc) is 3.18. The number of carbonyl (C=O) groups excluding carboxylic acids is 4. The number of hydrogen-bond acceptors (Lipinski definition) is 5. The lowest BCUT2D eigenvalue weighted by molar-refractivity contribution is 0.0909. The van der Waals surface area contributed by atoms with E-state index in [-0.39, 0.29) is 39.2 Å². The van der Waals surface area contributed by atoms with Crippen molar-refractivity contribution in [3.8, 4) is 6.07 Å². The van der Waals surface area contributed by atoms with E-state index in [0.29, 0.717) is 0 Å². The summed E-state index contributed by atoms with van der Waals surface area (Å²) in [7, 11) is 0. The minimum Gasteiger partial charge on any atom is -0.268 e. The van der Waals surface area contributed by atoms with E-state index in [9.17, 15) is 24.4 Å². The molecule has 7 heteroatoms. The van der Waals surface area contributed by atoms with Crippen LogP contribution in [0.1, 0.15) is 47.0 Å². The van der Waals surface area contributed by atoms with Gasteiger partial charge in [0.2, 0.25) is 0 Å². The number of anilines is 2. The van der Waals surface area contributed by atoms with Crippen molar-refractivity contribution in [1.29, 1.82) is 5.26 Å². The van der Waals surface area contributed by atoms with Gasteiger partial charge in [-0.2, -0.15) is 5.26 Å². The Morgan fingerprint density at radius 1 is 0.600 bits per heavy atom. The van der Waals surface area contributed by atoms with Crippen LogP contribution in [0.25, 0.3) is 0 Å². The summed E-state index contributed by atoms with van der Waals surface area (Å²) in [4.78, 5) is 52.8. The largest absolute Gasteiger partial charge is 0.268 e. The van der Waals surface area contributed by atoms with Gasteiger partial charge in [0, 0.05) is 0 Å². The molecular weight excluding hydrogens is 382 g/mol. The predicted molar refractivity (Wildman–Crippen MR) is 106 cm³/mol. The Hall–Kier alpha value is -4.57. The maximum Gasteiger partial charge on any atom is 0.266 e. The van der Waals surface area contributed by atoms with Crippen LogP contribution >= 0.6 is 0 Å². The topological polar surface area (TPSA) is 98.5 Å². The lowest BCUT2D eigenvalue weighted by atomic mass is 10.1. The Morgan fingerprint density at radius 3 is 1.47 bits per heavy atom. The molecule has 3 aromatic carbocycles. The molecule has 0 fully saturated rings. The van der Waals surface area contributed by atoms with Gasteiger partial charge < -0.3 is 0 Å². The Balaban J connectivity index is 1.57. The molecule has 0 saturated carbocycles. The molecule has 0 atom stereocenters. The zero-order chi connectivity index (χ0) is 21.0. The normalized spacial score (nSPS) is 14.8. The lowest BCUT2D eigenvalue weighted by Crippen LogP contribution is -2.31. The summed E-state index contributed by atoms with van der Waals surface area (Å²) < 4.78 is 0. The van der Waals surface area contributed by atoms with Crippen LogP contribution in [-0.4, -0.2) is 23.6 Å². The molecule has 7 nitrogen and oxygen atoms in total.